The lowest BCUT2D eigenvalue weighted by Gasteiger charge is -2.41. The summed E-state index contributed by atoms with van der Waals surface area (Å²) in [5.41, 5.74) is 3.70. The van der Waals surface area contributed by atoms with Gasteiger partial charge in [-0.15, -0.1) is 0 Å². The number of amides is 1. The Morgan fingerprint density at radius 3 is 2.09 bits per heavy atom. The van der Waals surface area contributed by atoms with Crippen molar-refractivity contribution >= 4 is 22.5 Å². The number of carbonyl (C=O) groups excluding carboxylic acids is 1. The second-order valence-electron chi connectivity index (χ2n) is 10.3. The lowest BCUT2D eigenvalue weighted by atomic mass is 9.92. The first kappa shape index (κ1) is 25.0. The molecule has 1 atom stereocenters. The molecule has 0 N–H and O–H groups in total. The van der Waals surface area contributed by atoms with Crippen molar-refractivity contribution in [2.75, 3.05) is 26.2 Å². The Hall–Kier alpha value is -1.66. The van der Waals surface area contributed by atoms with Gasteiger partial charge in [0.25, 0.3) is 0 Å². The van der Waals surface area contributed by atoms with E-state index >= 15 is 0 Å². The van der Waals surface area contributed by atoms with Crippen LogP contribution in [0.4, 0.5) is 4.79 Å². The number of hydrogen-bond donors (Lipinski definition) is 0. The molecular formula is C26H40N2O3S. The van der Waals surface area contributed by atoms with Gasteiger partial charge in [-0.1, -0.05) is 31.6 Å². The van der Waals surface area contributed by atoms with E-state index < -0.39 is 16.4 Å². The fourth-order valence-electron chi connectivity index (χ4n) is 4.59. The van der Waals surface area contributed by atoms with Crippen LogP contribution in [0, 0.1) is 0 Å². The molecule has 2 saturated heterocycles. The molecular weight excluding hydrogens is 420 g/mol. The number of benzene rings is 1. The average molecular weight is 461 g/mol. The van der Waals surface area contributed by atoms with Gasteiger partial charge in [-0.25, -0.2) is 4.79 Å². The topological polar surface area (TPSA) is 49.9 Å². The van der Waals surface area contributed by atoms with Crippen molar-refractivity contribution in [2.45, 2.75) is 89.0 Å². The highest BCUT2D eigenvalue weighted by Crippen LogP contribution is 2.30. The molecule has 0 radical (unpaired) electrons. The summed E-state index contributed by atoms with van der Waals surface area (Å²) in [5, 5.41) is 0.139. The summed E-state index contributed by atoms with van der Waals surface area (Å²) in [6, 6.07) is 8.83. The Bertz CT molecular complexity index is 837. The van der Waals surface area contributed by atoms with Gasteiger partial charge < -0.3 is 9.64 Å². The van der Waals surface area contributed by atoms with E-state index in [4.69, 9.17) is 4.74 Å². The molecule has 178 valence electrons. The van der Waals surface area contributed by atoms with E-state index in [1.807, 2.05) is 51.7 Å². The fraction of sp³-hybridized carbons (Fsp3) is 0.654. The van der Waals surface area contributed by atoms with Crippen molar-refractivity contribution in [1.29, 1.82) is 0 Å². The molecule has 5 nitrogen and oxygen atoms in total. The summed E-state index contributed by atoms with van der Waals surface area (Å²) < 4.78 is 17.8. The van der Waals surface area contributed by atoms with Crippen LogP contribution in [0.1, 0.15) is 72.8 Å². The van der Waals surface area contributed by atoms with Crippen LogP contribution in [0.5, 0.6) is 0 Å². The maximum Gasteiger partial charge on any atom is 0.410 e. The first-order valence-corrected chi connectivity index (χ1v) is 13.2. The molecule has 2 aliphatic heterocycles. The van der Waals surface area contributed by atoms with Gasteiger partial charge in [0.05, 0.1) is 10.8 Å². The average Bonchev–Trinajstić information content (AvgIpc) is 2.77. The smallest absolute Gasteiger partial charge is 0.410 e. The molecule has 1 aromatic rings. The van der Waals surface area contributed by atoms with E-state index in [0.29, 0.717) is 6.04 Å². The molecule has 2 heterocycles. The Labute approximate surface area is 196 Å². The van der Waals surface area contributed by atoms with Crippen molar-refractivity contribution in [3.8, 4) is 0 Å². The Morgan fingerprint density at radius 1 is 1.03 bits per heavy atom. The number of piperidine rings is 2. The van der Waals surface area contributed by atoms with Crippen LogP contribution < -0.4 is 0 Å². The van der Waals surface area contributed by atoms with Gasteiger partial charge >= 0.3 is 6.09 Å². The standard InChI is InChI=1S/C26H40N2O3S/c1-19(2)32(30)24-9-7-21(8-10-24)20(3)22-11-15-27(16-12-22)23-13-17-28(18-14-23)25(29)31-26(4,5)6/h7-10,19,23H,11-18H2,1-6H3. The highest BCUT2D eigenvalue weighted by atomic mass is 32.2. The molecule has 0 saturated carbocycles. The highest BCUT2D eigenvalue weighted by Gasteiger charge is 2.30. The first-order chi connectivity index (χ1) is 15.0. The quantitative estimate of drug-likeness (QED) is 0.598. The summed E-state index contributed by atoms with van der Waals surface area (Å²) in [4.78, 5) is 17.7. The van der Waals surface area contributed by atoms with Crippen molar-refractivity contribution in [3.05, 3.63) is 35.4 Å². The van der Waals surface area contributed by atoms with Crippen LogP contribution in [0.15, 0.2) is 34.7 Å². The predicted octanol–water partition coefficient (Wildman–Crippen LogP) is 5.47. The Balaban J connectivity index is 1.52. The normalized spacial score (nSPS) is 19.8. The van der Waals surface area contributed by atoms with E-state index in [1.54, 1.807) is 0 Å². The van der Waals surface area contributed by atoms with Gasteiger partial charge in [0.2, 0.25) is 0 Å². The third-order valence-corrected chi connectivity index (χ3v) is 8.11. The van der Waals surface area contributed by atoms with Crippen molar-refractivity contribution in [1.82, 2.24) is 9.80 Å². The van der Waals surface area contributed by atoms with Crippen molar-refractivity contribution in [3.63, 3.8) is 0 Å². The van der Waals surface area contributed by atoms with Gasteiger partial charge in [0.15, 0.2) is 0 Å². The molecule has 2 aliphatic rings. The Morgan fingerprint density at radius 2 is 1.59 bits per heavy atom. The fourth-order valence-corrected chi connectivity index (χ4v) is 5.54. The second-order valence-corrected chi connectivity index (χ2v) is 12.3. The van der Waals surface area contributed by atoms with E-state index in [9.17, 15) is 9.00 Å². The number of ether oxygens (including phenoxy) is 1. The number of rotatable bonds is 4. The zero-order valence-corrected chi connectivity index (χ0v) is 21.5. The van der Waals surface area contributed by atoms with E-state index in [0.717, 1.165) is 56.8 Å². The van der Waals surface area contributed by atoms with Crippen LogP contribution in [-0.2, 0) is 15.5 Å². The monoisotopic (exact) mass is 460 g/mol. The largest absolute Gasteiger partial charge is 0.444 e. The minimum absolute atomic E-state index is 0.139. The Kier molecular flexibility index (Phi) is 8.21. The lowest BCUT2D eigenvalue weighted by molar-refractivity contribution is 0.0138. The second kappa shape index (κ2) is 10.5. The van der Waals surface area contributed by atoms with Gasteiger partial charge in [0.1, 0.15) is 5.60 Å². The maximum atomic E-state index is 12.3. The highest BCUT2D eigenvalue weighted by molar-refractivity contribution is 7.85. The van der Waals surface area contributed by atoms with Gasteiger partial charge in [-0.3, -0.25) is 9.11 Å². The third kappa shape index (κ3) is 6.44. The summed E-state index contributed by atoms with van der Waals surface area (Å²) in [5.74, 6) is 0. The third-order valence-electron chi connectivity index (χ3n) is 6.51. The van der Waals surface area contributed by atoms with E-state index in [1.165, 1.54) is 16.7 Å². The molecule has 3 rings (SSSR count). The summed E-state index contributed by atoms with van der Waals surface area (Å²) in [7, 11) is -0.935. The molecule has 32 heavy (non-hydrogen) atoms. The molecule has 6 heteroatoms. The minimum Gasteiger partial charge on any atom is -0.444 e. The van der Waals surface area contributed by atoms with Crippen LogP contribution >= 0.6 is 0 Å². The van der Waals surface area contributed by atoms with Crippen LogP contribution in [-0.4, -0.2) is 63.2 Å². The summed E-state index contributed by atoms with van der Waals surface area (Å²) in [6.45, 7) is 15.7. The number of nitrogens with zero attached hydrogens (tertiary/aromatic N) is 2. The van der Waals surface area contributed by atoms with Crippen molar-refractivity contribution in [2.24, 2.45) is 0 Å². The van der Waals surface area contributed by atoms with Gasteiger partial charge in [0, 0.05) is 42.4 Å². The first-order valence-electron chi connectivity index (χ1n) is 12.0. The van der Waals surface area contributed by atoms with Crippen LogP contribution in [0.3, 0.4) is 0 Å². The number of hydrogen-bond acceptors (Lipinski definition) is 4. The number of allylic oxidation sites excluding steroid dienone is 1. The lowest BCUT2D eigenvalue weighted by Crippen LogP contribution is -2.49. The number of carbonyl (C=O) groups is 1. The number of likely N-dealkylation sites (tertiary alicyclic amines) is 2. The SMILES string of the molecule is CC(=C1CCN(C2CCN(C(=O)OC(C)(C)C)CC2)CC1)c1ccc(S(=O)C(C)C)cc1. The maximum absolute atomic E-state index is 12.3. The molecule has 2 fully saturated rings. The minimum atomic E-state index is -0.935. The summed E-state index contributed by atoms with van der Waals surface area (Å²) in [6.07, 6.45) is 4.05. The molecule has 0 aliphatic carbocycles. The van der Waals surface area contributed by atoms with Crippen LogP contribution in [0.2, 0.25) is 0 Å². The van der Waals surface area contributed by atoms with E-state index in [-0.39, 0.29) is 11.3 Å². The molecule has 0 spiro atoms. The summed E-state index contributed by atoms with van der Waals surface area (Å²) >= 11 is 0. The zero-order chi connectivity index (χ0) is 23.5. The van der Waals surface area contributed by atoms with Crippen LogP contribution in [0.25, 0.3) is 5.57 Å². The molecule has 1 amide bonds. The van der Waals surface area contributed by atoms with Crippen molar-refractivity contribution < 1.29 is 13.7 Å². The van der Waals surface area contributed by atoms with Gasteiger partial charge in [-0.05, 0) is 76.6 Å². The molecule has 1 aromatic carbocycles. The predicted molar refractivity (Wildman–Crippen MR) is 132 cm³/mol. The molecule has 0 aromatic heterocycles. The molecule has 1 unspecified atom stereocenters. The van der Waals surface area contributed by atoms with E-state index in [2.05, 4.69) is 24.0 Å². The van der Waals surface area contributed by atoms with Gasteiger partial charge in [-0.2, -0.15) is 0 Å². The molecule has 0 bridgehead atoms. The zero-order valence-electron chi connectivity index (χ0n) is 20.6.